The Kier molecular flexibility index (Phi) is 3.75. The van der Waals surface area contributed by atoms with Crippen LogP contribution in [0, 0.1) is 17.8 Å². The molecule has 0 unspecified atom stereocenters. The van der Waals surface area contributed by atoms with Crippen LogP contribution in [0.2, 0.25) is 0 Å². The third-order valence-corrected chi connectivity index (χ3v) is 3.31. The van der Waals surface area contributed by atoms with Crippen LogP contribution in [-0.4, -0.2) is 0 Å². The van der Waals surface area contributed by atoms with E-state index in [9.17, 15) is 0 Å². The van der Waals surface area contributed by atoms with Crippen LogP contribution < -0.4 is 0 Å². The molecule has 0 N–H and O–H groups in total. The minimum atomic E-state index is 0.617. The van der Waals surface area contributed by atoms with Gasteiger partial charge in [-0.15, -0.1) is 12.6 Å². The summed E-state index contributed by atoms with van der Waals surface area (Å²) in [6, 6.07) is 8.05. The van der Waals surface area contributed by atoms with Gasteiger partial charge in [-0.25, -0.2) is 0 Å². The third-order valence-electron chi connectivity index (χ3n) is 2.92. The van der Waals surface area contributed by atoms with Gasteiger partial charge in [0, 0.05) is 16.4 Å². The van der Waals surface area contributed by atoms with E-state index in [1.165, 1.54) is 32.1 Å². The molecule has 1 fully saturated rings. The molecule has 0 radical (unpaired) electrons. The molecule has 0 bridgehead atoms. The number of benzene rings is 1. The molecule has 0 heterocycles. The van der Waals surface area contributed by atoms with E-state index < -0.39 is 0 Å². The Morgan fingerprint density at radius 1 is 1.07 bits per heavy atom. The van der Waals surface area contributed by atoms with Crippen molar-refractivity contribution in [2.24, 2.45) is 5.92 Å². The average Bonchev–Trinajstić information content (AvgIpc) is 2.29. The largest absolute Gasteiger partial charge is 0.142 e. The Morgan fingerprint density at radius 2 is 1.80 bits per heavy atom. The molecule has 0 atom stereocenters. The average molecular weight is 216 g/mol. The van der Waals surface area contributed by atoms with E-state index in [0.29, 0.717) is 5.92 Å². The van der Waals surface area contributed by atoms with Crippen LogP contribution in [0.25, 0.3) is 0 Å². The van der Waals surface area contributed by atoms with Crippen molar-refractivity contribution in [2.45, 2.75) is 37.0 Å². The van der Waals surface area contributed by atoms with Crippen molar-refractivity contribution in [3.63, 3.8) is 0 Å². The van der Waals surface area contributed by atoms with Crippen molar-refractivity contribution in [1.29, 1.82) is 0 Å². The van der Waals surface area contributed by atoms with Crippen LogP contribution in [0.4, 0.5) is 0 Å². The number of rotatable bonds is 0. The lowest BCUT2D eigenvalue weighted by molar-refractivity contribution is 0.430. The van der Waals surface area contributed by atoms with E-state index in [4.69, 9.17) is 0 Å². The summed E-state index contributed by atoms with van der Waals surface area (Å²) < 4.78 is 0. The summed E-state index contributed by atoms with van der Waals surface area (Å²) in [7, 11) is 0. The van der Waals surface area contributed by atoms with Crippen molar-refractivity contribution in [2.75, 3.05) is 0 Å². The molecule has 0 aliphatic heterocycles. The molecule has 0 saturated heterocycles. The maximum atomic E-state index is 4.39. The molecule has 1 aromatic rings. The summed E-state index contributed by atoms with van der Waals surface area (Å²) >= 11 is 4.39. The van der Waals surface area contributed by atoms with Crippen LogP contribution in [0.1, 0.15) is 37.7 Å². The smallest absolute Gasteiger partial charge is 0.0378 e. The fourth-order valence-electron chi connectivity index (χ4n) is 2.01. The highest BCUT2D eigenvalue weighted by Crippen LogP contribution is 2.23. The molecule has 0 nitrogen and oxygen atoms in total. The van der Waals surface area contributed by atoms with Crippen LogP contribution >= 0.6 is 12.6 Å². The van der Waals surface area contributed by atoms with Crippen molar-refractivity contribution in [1.82, 2.24) is 0 Å². The second kappa shape index (κ2) is 5.28. The molecule has 0 spiro atoms. The Bertz CT molecular complexity index is 378. The van der Waals surface area contributed by atoms with Crippen LogP contribution in [0.3, 0.4) is 0 Å². The van der Waals surface area contributed by atoms with E-state index >= 15 is 0 Å². The molecule has 78 valence electrons. The summed E-state index contributed by atoms with van der Waals surface area (Å²) in [5.41, 5.74) is 1.06. The molecular formula is C14H16S. The van der Waals surface area contributed by atoms with E-state index in [-0.39, 0.29) is 0 Å². The van der Waals surface area contributed by atoms with E-state index in [1.54, 1.807) is 0 Å². The molecular weight excluding hydrogens is 200 g/mol. The van der Waals surface area contributed by atoms with Gasteiger partial charge >= 0.3 is 0 Å². The molecule has 15 heavy (non-hydrogen) atoms. The quantitative estimate of drug-likeness (QED) is 0.493. The van der Waals surface area contributed by atoms with Gasteiger partial charge in [0.25, 0.3) is 0 Å². The Labute approximate surface area is 97.5 Å². The number of hydrogen-bond acceptors (Lipinski definition) is 1. The van der Waals surface area contributed by atoms with Gasteiger partial charge < -0.3 is 0 Å². The molecule has 0 aromatic heterocycles. The molecule has 1 saturated carbocycles. The first-order valence-corrected chi connectivity index (χ1v) is 6.10. The summed E-state index contributed by atoms with van der Waals surface area (Å²) in [6.07, 6.45) is 6.65. The second-order valence-corrected chi connectivity index (χ2v) is 4.60. The van der Waals surface area contributed by atoms with Gasteiger partial charge in [0.2, 0.25) is 0 Å². The number of hydrogen-bond donors (Lipinski definition) is 1. The second-order valence-electron chi connectivity index (χ2n) is 4.12. The fourth-order valence-corrected chi connectivity index (χ4v) is 2.22. The first-order chi connectivity index (χ1) is 7.36. The first kappa shape index (κ1) is 10.6. The Hall–Kier alpha value is -0.870. The normalized spacial score (nSPS) is 16.9. The van der Waals surface area contributed by atoms with E-state index in [0.717, 1.165) is 10.5 Å². The topological polar surface area (TPSA) is 0 Å². The van der Waals surface area contributed by atoms with Crippen molar-refractivity contribution >= 4 is 12.6 Å². The van der Waals surface area contributed by atoms with Gasteiger partial charge in [-0.05, 0) is 25.0 Å². The van der Waals surface area contributed by atoms with E-state index in [1.807, 2.05) is 24.3 Å². The van der Waals surface area contributed by atoms with Crippen molar-refractivity contribution in [3.8, 4) is 11.8 Å². The van der Waals surface area contributed by atoms with Crippen LogP contribution in [0.5, 0.6) is 0 Å². The van der Waals surface area contributed by atoms with Crippen LogP contribution in [0.15, 0.2) is 29.2 Å². The maximum Gasteiger partial charge on any atom is 0.0378 e. The van der Waals surface area contributed by atoms with Crippen LogP contribution in [-0.2, 0) is 0 Å². The zero-order valence-corrected chi connectivity index (χ0v) is 9.76. The predicted molar refractivity (Wildman–Crippen MR) is 67.1 cm³/mol. The molecule has 1 aliphatic rings. The molecule has 1 heteroatoms. The molecule has 1 aromatic carbocycles. The van der Waals surface area contributed by atoms with E-state index in [2.05, 4.69) is 24.5 Å². The highest BCUT2D eigenvalue weighted by Gasteiger charge is 2.09. The zero-order valence-electron chi connectivity index (χ0n) is 8.87. The molecule has 1 aliphatic carbocycles. The minimum Gasteiger partial charge on any atom is -0.142 e. The van der Waals surface area contributed by atoms with Gasteiger partial charge in [-0.2, -0.15) is 0 Å². The summed E-state index contributed by atoms with van der Waals surface area (Å²) in [4.78, 5) is 0.987. The molecule has 0 amide bonds. The highest BCUT2D eigenvalue weighted by atomic mass is 32.1. The summed E-state index contributed by atoms with van der Waals surface area (Å²) in [6.45, 7) is 0. The highest BCUT2D eigenvalue weighted by molar-refractivity contribution is 7.80. The monoisotopic (exact) mass is 216 g/mol. The minimum absolute atomic E-state index is 0.617. The summed E-state index contributed by atoms with van der Waals surface area (Å²) in [5, 5.41) is 0. The van der Waals surface area contributed by atoms with Gasteiger partial charge in [0.05, 0.1) is 0 Å². The standard InChI is InChI=1S/C14H16S/c15-14-9-5-4-8-13(14)11-10-12-6-2-1-3-7-12/h4-5,8-9,12,15H,1-3,6-7H2. The predicted octanol–water partition coefficient (Wildman–Crippen LogP) is 3.91. The first-order valence-electron chi connectivity index (χ1n) is 5.66. The lowest BCUT2D eigenvalue weighted by atomic mass is 9.90. The SMILES string of the molecule is Sc1ccccc1C#CC1CCCCC1. The molecule has 2 rings (SSSR count). The lowest BCUT2D eigenvalue weighted by Crippen LogP contribution is -2.03. The van der Waals surface area contributed by atoms with Gasteiger partial charge in [0.15, 0.2) is 0 Å². The van der Waals surface area contributed by atoms with Crippen molar-refractivity contribution < 1.29 is 0 Å². The lowest BCUT2D eigenvalue weighted by Gasteiger charge is -2.15. The van der Waals surface area contributed by atoms with Crippen molar-refractivity contribution in [3.05, 3.63) is 29.8 Å². The van der Waals surface area contributed by atoms with Gasteiger partial charge in [-0.1, -0.05) is 43.2 Å². The number of thiol groups is 1. The zero-order chi connectivity index (χ0) is 10.5. The van der Waals surface area contributed by atoms with Gasteiger partial charge in [-0.3, -0.25) is 0 Å². The fraction of sp³-hybridized carbons (Fsp3) is 0.429. The van der Waals surface area contributed by atoms with Gasteiger partial charge in [0.1, 0.15) is 0 Å². The summed E-state index contributed by atoms with van der Waals surface area (Å²) in [5.74, 6) is 7.25. The Balaban J connectivity index is 2.07. The Morgan fingerprint density at radius 3 is 2.53 bits per heavy atom. The third kappa shape index (κ3) is 3.04. The maximum absolute atomic E-state index is 4.39.